The normalized spacial score (nSPS) is 15.2. The van der Waals surface area contributed by atoms with Gasteiger partial charge in [-0.1, -0.05) is 6.07 Å². The first kappa shape index (κ1) is 13.8. The van der Waals surface area contributed by atoms with E-state index in [-0.39, 0.29) is 19.1 Å². The third-order valence-corrected chi connectivity index (χ3v) is 2.94. The molecule has 1 aromatic carbocycles. The van der Waals surface area contributed by atoms with E-state index in [1.807, 2.05) is 18.2 Å². The van der Waals surface area contributed by atoms with Crippen LogP contribution in [0.5, 0.6) is 5.75 Å². The van der Waals surface area contributed by atoms with Gasteiger partial charge in [0.2, 0.25) is 0 Å². The fourth-order valence-electron chi connectivity index (χ4n) is 2.13. The molecule has 0 bridgehead atoms. The summed E-state index contributed by atoms with van der Waals surface area (Å²) >= 11 is 0. The third-order valence-electron chi connectivity index (χ3n) is 2.94. The number of amides is 1. The molecule has 5 heteroatoms. The number of carbonyl (C=O) groups excluding carboxylic acids is 1. The molecule has 0 radical (unpaired) electrons. The van der Waals surface area contributed by atoms with Crippen LogP contribution >= 0.6 is 0 Å². The van der Waals surface area contributed by atoms with Crippen molar-refractivity contribution in [3.05, 3.63) is 23.8 Å². The van der Waals surface area contributed by atoms with Crippen molar-refractivity contribution in [2.45, 2.75) is 25.9 Å². The van der Waals surface area contributed by atoms with Crippen molar-refractivity contribution in [3.63, 3.8) is 0 Å². The summed E-state index contributed by atoms with van der Waals surface area (Å²) in [5, 5.41) is 9.93. The average Bonchev–Trinajstić information content (AvgIpc) is 2.32. The number of aliphatic hydroxyl groups is 1. The zero-order valence-corrected chi connectivity index (χ0v) is 11.3. The molecule has 1 heterocycles. The van der Waals surface area contributed by atoms with E-state index in [1.54, 1.807) is 18.7 Å². The van der Waals surface area contributed by atoms with Gasteiger partial charge in [-0.15, -0.1) is 0 Å². The predicted molar refractivity (Wildman–Crippen MR) is 73.3 cm³/mol. The molecular formula is C14H20N2O3. The maximum atomic E-state index is 12.0. The number of ether oxygens (including phenoxy) is 1. The highest BCUT2D eigenvalue weighted by Crippen LogP contribution is 2.33. The van der Waals surface area contributed by atoms with E-state index >= 15 is 0 Å². The minimum absolute atomic E-state index is 0.0132. The van der Waals surface area contributed by atoms with Gasteiger partial charge in [-0.2, -0.15) is 0 Å². The van der Waals surface area contributed by atoms with E-state index in [1.165, 1.54) is 0 Å². The first-order valence-electron chi connectivity index (χ1n) is 6.39. The minimum atomic E-state index is -0.950. The van der Waals surface area contributed by atoms with Gasteiger partial charge in [0.05, 0.1) is 17.8 Å². The molecule has 0 saturated heterocycles. The van der Waals surface area contributed by atoms with Crippen molar-refractivity contribution in [2.75, 3.05) is 24.6 Å². The molecular weight excluding hydrogens is 244 g/mol. The number of benzene rings is 1. The van der Waals surface area contributed by atoms with Crippen molar-refractivity contribution < 1.29 is 14.6 Å². The van der Waals surface area contributed by atoms with E-state index in [0.717, 1.165) is 12.0 Å². The Labute approximate surface area is 113 Å². The summed E-state index contributed by atoms with van der Waals surface area (Å²) in [5.74, 6) is 0.532. The number of rotatable bonds is 4. The fourth-order valence-corrected chi connectivity index (χ4v) is 2.13. The molecule has 1 aromatic rings. The van der Waals surface area contributed by atoms with E-state index < -0.39 is 5.60 Å². The average molecular weight is 264 g/mol. The molecule has 2 rings (SSSR count). The Kier molecular flexibility index (Phi) is 3.78. The number of anilines is 1. The van der Waals surface area contributed by atoms with Crippen LogP contribution < -0.4 is 15.4 Å². The number of hydrogen-bond donors (Lipinski definition) is 2. The lowest BCUT2D eigenvalue weighted by Gasteiger charge is -2.33. The molecule has 0 atom stereocenters. The molecule has 0 saturated carbocycles. The van der Waals surface area contributed by atoms with Crippen LogP contribution in [0.25, 0.3) is 0 Å². The molecule has 0 aliphatic carbocycles. The molecule has 1 aliphatic rings. The second kappa shape index (κ2) is 5.19. The lowest BCUT2D eigenvalue weighted by molar-refractivity contribution is -0.122. The Morgan fingerprint density at radius 3 is 2.84 bits per heavy atom. The van der Waals surface area contributed by atoms with Crippen LogP contribution in [-0.4, -0.2) is 36.3 Å². The Bertz CT molecular complexity index is 480. The molecule has 3 N–H and O–H groups in total. The van der Waals surface area contributed by atoms with Crippen LogP contribution in [-0.2, 0) is 11.2 Å². The molecule has 1 amide bonds. The maximum absolute atomic E-state index is 12.0. The molecule has 0 spiro atoms. The third kappa shape index (κ3) is 3.24. The van der Waals surface area contributed by atoms with Crippen LogP contribution in [0.1, 0.15) is 19.4 Å². The Balaban J connectivity index is 2.35. The topological polar surface area (TPSA) is 75.8 Å². The minimum Gasteiger partial charge on any atom is -0.482 e. The van der Waals surface area contributed by atoms with Crippen molar-refractivity contribution in [2.24, 2.45) is 5.73 Å². The number of hydrogen-bond acceptors (Lipinski definition) is 4. The number of fused-ring (bicyclic) bond motifs is 1. The second-order valence-corrected chi connectivity index (χ2v) is 5.42. The van der Waals surface area contributed by atoms with Crippen LogP contribution in [0.2, 0.25) is 0 Å². The summed E-state index contributed by atoms with van der Waals surface area (Å²) in [6.45, 7) is 4.17. The van der Waals surface area contributed by atoms with Gasteiger partial charge in [0.25, 0.3) is 5.91 Å². The van der Waals surface area contributed by atoms with Gasteiger partial charge < -0.3 is 20.5 Å². The summed E-state index contributed by atoms with van der Waals surface area (Å²) in [6.07, 6.45) is 0.748. The van der Waals surface area contributed by atoms with Gasteiger partial charge in [0, 0.05) is 0 Å². The van der Waals surface area contributed by atoms with Crippen molar-refractivity contribution in [3.8, 4) is 5.75 Å². The van der Waals surface area contributed by atoms with E-state index in [4.69, 9.17) is 10.5 Å². The van der Waals surface area contributed by atoms with E-state index in [9.17, 15) is 9.90 Å². The zero-order valence-electron chi connectivity index (χ0n) is 11.3. The molecule has 104 valence electrons. The SMILES string of the molecule is CC(C)(O)CN1C(=O)COc2ccc(CCN)cc21. The highest BCUT2D eigenvalue weighted by molar-refractivity contribution is 5.98. The van der Waals surface area contributed by atoms with Crippen molar-refractivity contribution >= 4 is 11.6 Å². The van der Waals surface area contributed by atoms with Gasteiger partial charge in [-0.3, -0.25) is 4.79 Å². The molecule has 5 nitrogen and oxygen atoms in total. The summed E-state index contributed by atoms with van der Waals surface area (Å²) in [5.41, 5.74) is 6.37. The Morgan fingerprint density at radius 1 is 1.47 bits per heavy atom. The smallest absolute Gasteiger partial charge is 0.265 e. The largest absolute Gasteiger partial charge is 0.482 e. The van der Waals surface area contributed by atoms with Crippen LogP contribution in [0, 0.1) is 0 Å². The van der Waals surface area contributed by atoms with Crippen LogP contribution in [0.4, 0.5) is 5.69 Å². The monoisotopic (exact) mass is 264 g/mol. The number of nitrogens with two attached hydrogens (primary N) is 1. The van der Waals surface area contributed by atoms with Crippen LogP contribution in [0.15, 0.2) is 18.2 Å². The van der Waals surface area contributed by atoms with Gasteiger partial charge in [-0.25, -0.2) is 0 Å². The van der Waals surface area contributed by atoms with Crippen molar-refractivity contribution in [1.82, 2.24) is 0 Å². The van der Waals surface area contributed by atoms with E-state index in [0.29, 0.717) is 18.0 Å². The van der Waals surface area contributed by atoms with Gasteiger partial charge in [-0.05, 0) is 44.5 Å². The fraction of sp³-hybridized carbons (Fsp3) is 0.500. The molecule has 0 unspecified atom stereocenters. The highest BCUT2D eigenvalue weighted by atomic mass is 16.5. The Morgan fingerprint density at radius 2 is 2.21 bits per heavy atom. The summed E-state index contributed by atoms with van der Waals surface area (Å²) in [7, 11) is 0. The highest BCUT2D eigenvalue weighted by Gasteiger charge is 2.30. The predicted octanol–water partition coefficient (Wildman–Crippen LogP) is 0.684. The lowest BCUT2D eigenvalue weighted by atomic mass is 10.1. The summed E-state index contributed by atoms with van der Waals surface area (Å²) in [4.78, 5) is 13.6. The first-order chi connectivity index (χ1) is 8.90. The maximum Gasteiger partial charge on any atom is 0.265 e. The van der Waals surface area contributed by atoms with Gasteiger partial charge >= 0.3 is 0 Å². The molecule has 0 aromatic heterocycles. The zero-order chi connectivity index (χ0) is 14.0. The van der Waals surface area contributed by atoms with E-state index in [2.05, 4.69) is 0 Å². The molecule has 1 aliphatic heterocycles. The molecule has 0 fully saturated rings. The standard InChI is InChI=1S/C14H20N2O3/c1-14(2,18)9-16-11-7-10(5-6-15)3-4-12(11)19-8-13(16)17/h3-4,7,18H,5-6,8-9,15H2,1-2H3. The van der Waals surface area contributed by atoms with Gasteiger partial charge in [0.15, 0.2) is 6.61 Å². The second-order valence-electron chi connectivity index (χ2n) is 5.42. The summed E-state index contributed by atoms with van der Waals surface area (Å²) < 4.78 is 5.41. The number of carbonyl (C=O) groups is 1. The summed E-state index contributed by atoms with van der Waals surface area (Å²) in [6, 6.07) is 5.71. The first-order valence-corrected chi connectivity index (χ1v) is 6.39. The Hall–Kier alpha value is -1.59. The van der Waals surface area contributed by atoms with Crippen LogP contribution in [0.3, 0.4) is 0 Å². The quantitative estimate of drug-likeness (QED) is 0.838. The van der Waals surface area contributed by atoms with Gasteiger partial charge in [0.1, 0.15) is 5.75 Å². The lowest BCUT2D eigenvalue weighted by Crippen LogP contribution is -2.46. The number of nitrogens with zero attached hydrogens (tertiary/aromatic N) is 1. The molecule has 19 heavy (non-hydrogen) atoms. The van der Waals surface area contributed by atoms with Crippen molar-refractivity contribution in [1.29, 1.82) is 0 Å². The number of β-amino-alcohol motifs (C(OH)–C–C–N with tert-alkyl or cyclic N) is 1.